The summed E-state index contributed by atoms with van der Waals surface area (Å²) in [5, 5.41) is 0. The van der Waals surface area contributed by atoms with Gasteiger partial charge in [-0.2, -0.15) is 0 Å². The van der Waals surface area contributed by atoms with E-state index >= 15 is 0 Å². The van der Waals surface area contributed by atoms with Gasteiger partial charge in [0.15, 0.2) is 17.4 Å². The maximum absolute atomic E-state index is 14.1. The Labute approximate surface area is 150 Å². The first kappa shape index (κ1) is 18.5. The maximum atomic E-state index is 14.1. The summed E-state index contributed by atoms with van der Waals surface area (Å²) in [6.07, 6.45) is 10.5. The molecule has 1 nitrogen and oxygen atoms in total. The molecule has 3 heteroatoms. The third-order valence-electron chi connectivity index (χ3n) is 6.82. The van der Waals surface area contributed by atoms with E-state index in [0.29, 0.717) is 0 Å². The van der Waals surface area contributed by atoms with Crippen LogP contribution in [0.5, 0.6) is 0 Å². The number of hydrogen-bond donors (Lipinski definition) is 0. The van der Waals surface area contributed by atoms with Gasteiger partial charge in [0.2, 0.25) is 0 Å². The zero-order valence-electron chi connectivity index (χ0n) is 15.5. The molecule has 2 aliphatic carbocycles. The van der Waals surface area contributed by atoms with Crippen LogP contribution in [0, 0.1) is 42.2 Å². The summed E-state index contributed by atoms with van der Waals surface area (Å²) in [6.45, 7) is 3.81. The number of Topliss-reactive ketones (excluding diaryl/α,β-unsaturated/α-hetero) is 1. The first-order valence-corrected chi connectivity index (χ1v) is 10.00. The first-order valence-electron chi connectivity index (χ1n) is 10.00. The van der Waals surface area contributed by atoms with Crippen LogP contribution in [0.1, 0.15) is 80.6 Å². The minimum absolute atomic E-state index is 0.0602. The van der Waals surface area contributed by atoms with Crippen molar-refractivity contribution in [3.63, 3.8) is 0 Å². The Kier molecular flexibility index (Phi) is 5.91. The van der Waals surface area contributed by atoms with E-state index in [1.165, 1.54) is 51.2 Å². The molecule has 25 heavy (non-hydrogen) atoms. The monoisotopic (exact) mass is 348 g/mol. The second-order valence-corrected chi connectivity index (χ2v) is 8.22. The molecular formula is C22H30F2O. The van der Waals surface area contributed by atoms with Crippen LogP contribution in [-0.4, -0.2) is 5.78 Å². The highest BCUT2D eigenvalue weighted by Gasteiger charge is 2.33. The van der Waals surface area contributed by atoms with Crippen LogP contribution in [-0.2, 0) is 0 Å². The van der Waals surface area contributed by atoms with Gasteiger partial charge in [-0.15, -0.1) is 0 Å². The van der Waals surface area contributed by atoms with Gasteiger partial charge in [0, 0.05) is 5.92 Å². The average Bonchev–Trinajstić information content (AvgIpc) is 2.66. The molecule has 2 saturated carbocycles. The second kappa shape index (κ2) is 7.97. The third-order valence-corrected chi connectivity index (χ3v) is 6.82. The number of rotatable bonds is 4. The average molecular weight is 348 g/mol. The first-order chi connectivity index (χ1) is 12.0. The lowest BCUT2D eigenvalue weighted by Gasteiger charge is -2.37. The fourth-order valence-electron chi connectivity index (χ4n) is 4.98. The van der Waals surface area contributed by atoms with Crippen LogP contribution < -0.4 is 0 Å². The Morgan fingerprint density at radius 1 is 0.920 bits per heavy atom. The van der Waals surface area contributed by atoms with Gasteiger partial charge in [0.25, 0.3) is 0 Å². The Bertz CT molecular complexity index is 609. The minimum Gasteiger partial charge on any atom is -0.294 e. The summed E-state index contributed by atoms with van der Waals surface area (Å²) in [7, 11) is 0. The maximum Gasteiger partial charge on any atom is 0.169 e. The van der Waals surface area contributed by atoms with Crippen molar-refractivity contribution in [3.8, 4) is 0 Å². The topological polar surface area (TPSA) is 17.1 Å². The van der Waals surface area contributed by atoms with Crippen molar-refractivity contribution in [2.24, 2.45) is 23.7 Å². The molecule has 0 spiro atoms. The van der Waals surface area contributed by atoms with E-state index in [1.807, 2.05) is 0 Å². The number of carbonyl (C=O) groups excluding carboxylic acids is 1. The Morgan fingerprint density at radius 2 is 1.48 bits per heavy atom. The largest absolute Gasteiger partial charge is 0.294 e. The normalized spacial score (nSPS) is 30.2. The van der Waals surface area contributed by atoms with Gasteiger partial charge >= 0.3 is 0 Å². The summed E-state index contributed by atoms with van der Waals surface area (Å²) in [4.78, 5) is 12.6. The fourth-order valence-corrected chi connectivity index (χ4v) is 4.98. The molecule has 0 aromatic heterocycles. The fraction of sp³-hybridized carbons (Fsp3) is 0.682. The molecule has 0 bridgehead atoms. The molecule has 0 heterocycles. The molecule has 2 aliphatic rings. The van der Waals surface area contributed by atoms with E-state index in [-0.39, 0.29) is 22.8 Å². The van der Waals surface area contributed by atoms with E-state index in [9.17, 15) is 13.6 Å². The molecule has 0 unspecified atom stereocenters. The molecule has 0 saturated heterocycles. The smallest absolute Gasteiger partial charge is 0.169 e. The predicted octanol–water partition coefficient (Wildman–Crippen LogP) is 6.48. The molecule has 2 fully saturated rings. The van der Waals surface area contributed by atoms with E-state index in [2.05, 4.69) is 6.92 Å². The van der Waals surface area contributed by atoms with Crippen molar-refractivity contribution >= 4 is 5.78 Å². The van der Waals surface area contributed by atoms with E-state index in [1.54, 1.807) is 0 Å². The predicted molar refractivity (Wildman–Crippen MR) is 96.6 cm³/mol. The van der Waals surface area contributed by atoms with Crippen LogP contribution in [0.2, 0.25) is 0 Å². The lowest BCUT2D eigenvalue weighted by molar-refractivity contribution is 0.0824. The van der Waals surface area contributed by atoms with Crippen molar-refractivity contribution in [1.29, 1.82) is 0 Å². The van der Waals surface area contributed by atoms with Crippen molar-refractivity contribution in [1.82, 2.24) is 0 Å². The highest BCUT2D eigenvalue weighted by atomic mass is 19.2. The summed E-state index contributed by atoms with van der Waals surface area (Å²) in [6, 6.07) is 2.96. The number of hydrogen-bond acceptors (Lipinski definition) is 1. The molecule has 0 aliphatic heterocycles. The lowest BCUT2D eigenvalue weighted by atomic mass is 9.68. The van der Waals surface area contributed by atoms with Gasteiger partial charge in [0.05, 0.1) is 5.56 Å². The van der Waals surface area contributed by atoms with Crippen molar-refractivity contribution in [2.75, 3.05) is 0 Å². The molecule has 1 aromatic rings. The molecule has 0 amide bonds. The Balaban J connectivity index is 1.57. The van der Waals surface area contributed by atoms with Crippen molar-refractivity contribution in [2.45, 2.75) is 71.6 Å². The quantitative estimate of drug-likeness (QED) is 0.569. The van der Waals surface area contributed by atoms with Crippen LogP contribution in [0.25, 0.3) is 0 Å². The number of aryl methyl sites for hydroxylation is 1. The highest BCUT2D eigenvalue weighted by molar-refractivity contribution is 5.98. The molecule has 0 N–H and O–H groups in total. The number of halogens is 2. The van der Waals surface area contributed by atoms with Crippen molar-refractivity contribution < 1.29 is 13.6 Å². The SMILES string of the molecule is CCC1CCC(C2CCC(C(=O)c3ccc(C)c(F)c3F)CC2)CC1. The zero-order chi connectivity index (χ0) is 18.0. The Morgan fingerprint density at radius 3 is 2.04 bits per heavy atom. The summed E-state index contributed by atoms with van der Waals surface area (Å²) < 4.78 is 27.9. The van der Waals surface area contributed by atoms with E-state index in [4.69, 9.17) is 0 Å². The molecular weight excluding hydrogens is 318 g/mol. The summed E-state index contributed by atoms with van der Waals surface area (Å²) in [5.74, 6) is 0.254. The second-order valence-electron chi connectivity index (χ2n) is 8.22. The van der Waals surface area contributed by atoms with Crippen molar-refractivity contribution in [3.05, 3.63) is 34.9 Å². The van der Waals surface area contributed by atoms with E-state index in [0.717, 1.165) is 43.4 Å². The van der Waals surface area contributed by atoms with Gasteiger partial charge in [-0.1, -0.05) is 32.3 Å². The number of benzene rings is 1. The van der Waals surface area contributed by atoms with Crippen LogP contribution >= 0.6 is 0 Å². The van der Waals surface area contributed by atoms with Gasteiger partial charge in [-0.25, -0.2) is 8.78 Å². The van der Waals surface area contributed by atoms with Gasteiger partial charge in [-0.3, -0.25) is 4.79 Å². The summed E-state index contributed by atoms with van der Waals surface area (Å²) in [5.41, 5.74) is 0.190. The number of carbonyl (C=O) groups is 1. The molecule has 3 rings (SSSR count). The van der Waals surface area contributed by atoms with Gasteiger partial charge in [-0.05, 0) is 74.8 Å². The number of ketones is 1. The summed E-state index contributed by atoms with van der Waals surface area (Å²) >= 11 is 0. The molecule has 0 radical (unpaired) electrons. The standard InChI is InChI=1S/C22H30F2O/c1-3-15-5-7-16(8-6-15)17-9-11-18(12-10-17)22(25)19-13-4-14(2)20(23)21(19)24/h4,13,15-18H,3,5-12H2,1-2H3. The van der Waals surface area contributed by atoms with Gasteiger partial charge < -0.3 is 0 Å². The minimum atomic E-state index is -0.968. The molecule has 138 valence electrons. The van der Waals surface area contributed by atoms with E-state index < -0.39 is 11.6 Å². The lowest BCUT2D eigenvalue weighted by Crippen LogP contribution is -2.28. The van der Waals surface area contributed by atoms with Gasteiger partial charge in [0.1, 0.15) is 0 Å². The van der Waals surface area contributed by atoms with Crippen LogP contribution in [0.3, 0.4) is 0 Å². The van der Waals surface area contributed by atoms with Crippen LogP contribution in [0.15, 0.2) is 12.1 Å². The molecule has 1 aromatic carbocycles. The van der Waals surface area contributed by atoms with Crippen LogP contribution in [0.4, 0.5) is 8.78 Å². The zero-order valence-corrected chi connectivity index (χ0v) is 15.5. The Hall–Kier alpha value is -1.25. The molecule has 0 atom stereocenters. The third kappa shape index (κ3) is 3.96. The highest BCUT2D eigenvalue weighted by Crippen LogP contribution is 2.42.